The maximum atomic E-state index is 12.0. The van der Waals surface area contributed by atoms with Gasteiger partial charge in [0.2, 0.25) is 6.54 Å². The summed E-state index contributed by atoms with van der Waals surface area (Å²) in [6.07, 6.45) is 0. The summed E-state index contributed by atoms with van der Waals surface area (Å²) in [6, 6.07) is 7.94. The summed E-state index contributed by atoms with van der Waals surface area (Å²) in [4.78, 5) is 32.8. The van der Waals surface area contributed by atoms with E-state index in [1.54, 1.807) is 18.2 Å². The Bertz CT molecular complexity index is 533. The Balaban J connectivity index is 3.34. The number of nitrogens with zero attached hydrogens (tertiary/aromatic N) is 2. The number of nitro groups is 2. The Morgan fingerprint density at radius 1 is 1.29 bits per heavy atom. The van der Waals surface area contributed by atoms with Gasteiger partial charge in [-0.2, -0.15) is 0 Å². The molecule has 0 bridgehead atoms. The fourth-order valence-electron chi connectivity index (χ4n) is 2.06. The van der Waals surface area contributed by atoms with E-state index in [4.69, 9.17) is 4.74 Å². The maximum absolute atomic E-state index is 12.0. The highest BCUT2D eigenvalue weighted by Gasteiger charge is 2.57. The highest BCUT2D eigenvalue weighted by Crippen LogP contribution is 2.32. The molecule has 0 aliphatic heterocycles. The van der Waals surface area contributed by atoms with Crippen molar-refractivity contribution in [2.75, 3.05) is 13.2 Å². The summed E-state index contributed by atoms with van der Waals surface area (Å²) < 4.78 is 4.75. The van der Waals surface area contributed by atoms with Crippen LogP contribution in [0.5, 0.6) is 0 Å². The molecule has 0 heterocycles. The van der Waals surface area contributed by atoms with Gasteiger partial charge in [0.15, 0.2) is 0 Å². The van der Waals surface area contributed by atoms with Crippen molar-refractivity contribution in [3.63, 3.8) is 0 Å². The topological polar surface area (TPSA) is 113 Å². The van der Waals surface area contributed by atoms with Crippen LogP contribution in [0.15, 0.2) is 30.3 Å². The third kappa shape index (κ3) is 3.53. The SMILES string of the molecule is CCOC(=O)[C@](C)([C@@H](C[N+](=O)[O-])c1ccccc1)[N+](=O)[O-]. The van der Waals surface area contributed by atoms with Crippen molar-refractivity contribution in [1.29, 1.82) is 0 Å². The van der Waals surface area contributed by atoms with Crippen LogP contribution in [-0.2, 0) is 9.53 Å². The Labute approximate surface area is 121 Å². The first-order chi connectivity index (χ1) is 9.83. The molecule has 0 saturated heterocycles. The second-order valence-electron chi connectivity index (χ2n) is 4.60. The number of carbonyl (C=O) groups excluding carboxylic acids is 1. The molecule has 1 aromatic carbocycles. The van der Waals surface area contributed by atoms with E-state index in [2.05, 4.69) is 0 Å². The predicted octanol–water partition coefficient (Wildman–Crippen LogP) is 1.65. The molecule has 0 radical (unpaired) electrons. The van der Waals surface area contributed by atoms with Gasteiger partial charge in [0.25, 0.3) is 0 Å². The van der Waals surface area contributed by atoms with E-state index in [0.29, 0.717) is 5.56 Å². The molecule has 0 spiro atoms. The van der Waals surface area contributed by atoms with Crippen LogP contribution < -0.4 is 0 Å². The largest absolute Gasteiger partial charge is 0.461 e. The molecule has 0 aliphatic rings. The van der Waals surface area contributed by atoms with Gasteiger partial charge in [-0.05, 0) is 12.5 Å². The summed E-state index contributed by atoms with van der Waals surface area (Å²) >= 11 is 0. The van der Waals surface area contributed by atoms with E-state index in [0.717, 1.165) is 6.92 Å². The van der Waals surface area contributed by atoms with Crippen LogP contribution in [0.1, 0.15) is 25.3 Å². The molecule has 0 aliphatic carbocycles. The van der Waals surface area contributed by atoms with Crippen LogP contribution in [0.2, 0.25) is 0 Å². The van der Waals surface area contributed by atoms with E-state index < -0.39 is 33.8 Å². The van der Waals surface area contributed by atoms with Gasteiger partial charge in [0, 0.05) is 16.8 Å². The van der Waals surface area contributed by atoms with Crippen molar-refractivity contribution < 1.29 is 19.4 Å². The van der Waals surface area contributed by atoms with Crippen LogP contribution in [0.4, 0.5) is 0 Å². The van der Waals surface area contributed by atoms with Gasteiger partial charge in [0.05, 0.1) is 6.61 Å². The lowest BCUT2D eigenvalue weighted by Gasteiger charge is -2.25. The zero-order valence-electron chi connectivity index (χ0n) is 11.7. The number of ether oxygens (including phenoxy) is 1. The molecule has 0 fully saturated rings. The standard InChI is InChI=1S/C13H16N2O6/c1-3-21-12(16)13(2,15(19)20)11(9-14(17)18)10-7-5-4-6-8-10/h4-8,11H,3,9H2,1-2H3/t11-,13-/m0/s1. The maximum Gasteiger partial charge on any atom is 0.385 e. The Hall–Kier alpha value is -2.51. The quantitative estimate of drug-likeness (QED) is 0.429. The van der Waals surface area contributed by atoms with Crippen molar-refractivity contribution in [3.05, 3.63) is 56.1 Å². The third-order valence-electron chi connectivity index (χ3n) is 3.28. The molecule has 1 aromatic rings. The molecule has 21 heavy (non-hydrogen) atoms. The fraction of sp³-hybridized carbons (Fsp3) is 0.462. The number of hydrogen-bond acceptors (Lipinski definition) is 6. The second-order valence-corrected chi connectivity index (χ2v) is 4.60. The Morgan fingerprint density at radius 3 is 2.29 bits per heavy atom. The van der Waals surface area contributed by atoms with Crippen LogP contribution in [0.3, 0.4) is 0 Å². The number of hydrogen-bond donors (Lipinski definition) is 0. The predicted molar refractivity (Wildman–Crippen MR) is 73.1 cm³/mol. The minimum atomic E-state index is -2.22. The second kappa shape index (κ2) is 6.78. The monoisotopic (exact) mass is 296 g/mol. The summed E-state index contributed by atoms with van der Waals surface area (Å²) in [6.45, 7) is 1.80. The smallest absolute Gasteiger partial charge is 0.385 e. The molecule has 8 nitrogen and oxygen atoms in total. The van der Waals surface area contributed by atoms with Crippen LogP contribution in [0, 0.1) is 20.2 Å². The number of benzene rings is 1. The van der Waals surface area contributed by atoms with E-state index in [-0.39, 0.29) is 6.61 Å². The Kier molecular flexibility index (Phi) is 5.34. The lowest BCUT2D eigenvalue weighted by molar-refractivity contribution is -0.570. The van der Waals surface area contributed by atoms with Crippen LogP contribution >= 0.6 is 0 Å². The van der Waals surface area contributed by atoms with Crippen molar-refractivity contribution in [1.82, 2.24) is 0 Å². The molecular weight excluding hydrogens is 280 g/mol. The first-order valence-electron chi connectivity index (χ1n) is 6.32. The van der Waals surface area contributed by atoms with Crippen molar-refractivity contribution >= 4 is 5.97 Å². The molecule has 2 atom stereocenters. The zero-order valence-corrected chi connectivity index (χ0v) is 11.7. The highest BCUT2D eigenvalue weighted by atomic mass is 16.6. The van der Waals surface area contributed by atoms with Crippen molar-refractivity contribution in [2.24, 2.45) is 0 Å². The molecule has 0 saturated carbocycles. The third-order valence-corrected chi connectivity index (χ3v) is 3.28. The molecule has 0 unspecified atom stereocenters. The molecule has 8 heteroatoms. The number of rotatable bonds is 7. The highest BCUT2D eigenvalue weighted by molar-refractivity contribution is 5.80. The minimum Gasteiger partial charge on any atom is -0.461 e. The fourth-order valence-corrected chi connectivity index (χ4v) is 2.06. The van der Waals surface area contributed by atoms with Gasteiger partial charge < -0.3 is 4.74 Å². The van der Waals surface area contributed by atoms with E-state index in [9.17, 15) is 25.0 Å². The van der Waals surface area contributed by atoms with E-state index in [1.807, 2.05) is 0 Å². The normalized spacial score (nSPS) is 14.8. The summed E-state index contributed by atoms with van der Waals surface area (Å²) in [5.41, 5.74) is -1.87. The summed E-state index contributed by atoms with van der Waals surface area (Å²) in [5, 5.41) is 22.3. The summed E-state index contributed by atoms with van der Waals surface area (Å²) in [5.74, 6) is -2.30. The average Bonchev–Trinajstić information content (AvgIpc) is 2.44. The molecule has 1 rings (SSSR count). The summed E-state index contributed by atoms with van der Waals surface area (Å²) in [7, 11) is 0. The molecule has 0 N–H and O–H groups in total. The molecular formula is C13H16N2O6. The van der Waals surface area contributed by atoms with Crippen LogP contribution in [0.25, 0.3) is 0 Å². The van der Waals surface area contributed by atoms with Crippen molar-refractivity contribution in [3.8, 4) is 0 Å². The minimum absolute atomic E-state index is 0.0394. The van der Waals surface area contributed by atoms with E-state index in [1.165, 1.54) is 19.1 Å². The lowest BCUT2D eigenvalue weighted by Crippen LogP contribution is -2.51. The van der Waals surface area contributed by atoms with Gasteiger partial charge in [-0.1, -0.05) is 30.3 Å². The number of esters is 1. The first kappa shape index (κ1) is 16.5. The average molecular weight is 296 g/mol. The van der Waals surface area contributed by atoms with Gasteiger partial charge in [0.1, 0.15) is 5.92 Å². The lowest BCUT2D eigenvalue weighted by atomic mass is 9.81. The molecule has 114 valence electrons. The molecule has 0 aromatic heterocycles. The van der Waals surface area contributed by atoms with Gasteiger partial charge >= 0.3 is 11.5 Å². The number of carbonyl (C=O) groups is 1. The molecule has 0 amide bonds. The van der Waals surface area contributed by atoms with Crippen molar-refractivity contribution in [2.45, 2.75) is 25.3 Å². The van der Waals surface area contributed by atoms with Crippen LogP contribution in [-0.4, -0.2) is 34.5 Å². The zero-order chi connectivity index (χ0) is 16.0. The first-order valence-corrected chi connectivity index (χ1v) is 6.32. The van der Waals surface area contributed by atoms with Gasteiger partial charge in [-0.3, -0.25) is 20.2 Å². The van der Waals surface area contributed by atoms with Gasteiger partial charge in [-0.15, -0.1) is 0 Å². The van der Waals surface area contributed by atoms with Gasteiger partial charge in [-0.25, -0.2) is 4.79 Å². The van der Waals surface area contributed by atoms with E-state index >= 15 is 0 Å². The Morgan fingerprint density at radius 2 is 1.86 bits per heavy atom.